The van der Waals surface area contributed by atoms with E-state index in [4.69, 9.17) is 15.0 Å². The van der Waals surface area contributed by atoms with Gasteiger partial charge >= 0.3 is 0 Å². The third kappa shape index (κ3) is 6.39. The molecule has 6 aromatic rings. The Morgan fingerprint density at radius 2 is 0.625 bits per heavy atom. The Morgan fingerprint density at radius 3 is 0.925 bits per heavy atom. The van der Waals surface area contributed by atoms with Gasteiger partial charge in [-0.15, -0.1) is 0 Å². The zero-order valence-electron chi connectivity index (χ0n) is 22.4. The number of hydrogen-bond acceptors (Lipinski definition) is 3. The van der Waals surface area contributed by atoms with Gasteiger partial charge in [-0.2, -0.15) is 0 Å². The lowest BCUT2D eigenvalue weighted by Crippen LogP contribution is -2.12. The van der Waals surface area contributed by atoms with Gasteiger partial charge in [-0.05, 0) is 53.1 Å². The molecule has 0 atom stereocenters. The van der Waals surface area contributed by atoms with E-state index in [2.05, 4.69) is 127 Å². The van der Waals surface area contributed by atoms with Crippen LogP contribution in [0.1, 0.15) is 56.8 Å². The number of pyridine rings is 3. The minimum atomic E-state index is -0.179. The third-order valence-corrected chi connectivity index (χ3v) is 7.06. The van der Waals surface area contributed by atoms with Crippen LogP contribution in [0.4, 0.5) is 0 Å². The van der Waals surface area contributed by atoms with Gasteiger partial charge in [-0.25, -0.2) is 0 Å². The summed E-state index contributed by atoms with van der Waals surface area (Å²) in [4.78, 5) is 15.5. The van der Waals surface area contributed by atoms with E-state index in [1.54, 1.807) is 0 Å². The fourth-order valence-corrected chi connectivity index (χ4v) is 5.14. The normalized spacial score (nSPS) is 11.0. The van der Waals surface area contributed by atoms with Crippen molar-refractivity contribution in [2.24, 2.45) is 0 Å². The van der Waals surface area contributed by atoms with Crippen molar-refractivity contribution in [1.82, 2.24) is 15.0 Å². The summed E-state index contributed by atoms with van der Waals surface area (Å²) >= 11 is 0. The molecule has 3 heterocycles. The first-order valence-corrected chi connectivity index (χ1v) is 13.8. The zero-order chi connectivity index (χ0) is 27.0. The maximum Gasteiger partial charge on any atom is 0.0858 e. The Morgan fingerprint density at radius 1 is 0.325 bits per heavy atom. The number of aromatic nitrogens is 3. The molecule has 3 aromatic carbocycles. The highest BCUT2D eigenvalue weighted by atomic mass is 14.8. The van der Waals surface area contributed by atoms with Gasteiger partial charge < -0.3 is 0 Å². The molecule has 0 bridgehead atoms. The van der Waals surface area contributed by atoms with Crippen LogP contribution >= 0.6 is 0 Å². The molecule has 0 aliphatic rings. The predicted molar refractivity (Wildman–Crippen MR) is 161 cm³/mol. The van der Waals surface area contributed by atoms with Crippen LogP contribution in [-0.4, -0.2) is 15.0 Å². The van der Waals surface area contributed by atoms with E-state index in [1.165, 1.54) is 16.7 Å². The second kappa shape index (κ2) is 12.3. The topological polar surface area (TPSA) is 38.7 Å². The average Bonchev–Trinajstić information content (AvgIpc) is 3.00. The van der Waals surface area contributed by atoms with Gasteiger partial charge in [0.2, 0.25) is 0 Å². The van der Waals surface area contributed by atoms with Crippen LogP contribution < -0.4 is 0 Å². The number of hydrogen-bond donors (Lipinski definition) is 0. The smallest absolute Gasteiger partial charge is 0.0858 e. The Hall–Kier alpha value is -4.89. The van der Waals surface area contributed by atoms with Crippen molar-refractivity contribution in [1.29, 1.82) is 0 Å². The number of benzene rings is 3. The molecule has 0 N–H and O–H groups in total. The lowest BCUT2D eigenvalue weighted by atomic mass is 9.94. The molecule has 0 aliphatic carbocycles. The lowest BCUT2D eigenvalue weighted by Gasteiger charge is -2.19. The maximum absolute atomic E-state index is 5.17. The van der Waals surface area contributed by atoms with E-state index in [9.17, 15) is 0 Å². The summed E-state index contributed by atoms with van der Waals surface area (Å²) in [5.41, 5.74) is 9.73. The summed E-state index contributed by atoms with van der Waals surface area (Å²) in [6.45, 7) is 0. The van der Waals surface area contributed by atoms with Gasteiger partial charge in [-0.1, -0.05) is 109 Å². The highest BCUT2D eigenvalue weighted by Crippen LogP contribution is 2.30. The first-order valence-electron chi connectivity index (χ1n) is 13.8. The van der Waals surface area contributed by atoms with Gasteiger partial charge in [0.15, 0.2) is 0 Å². The maximum atomic E-state index is 5.17. The molecule has 3 nitrogen and oxygen atoms in total. The van der Waals surface area contributed by atoms with E-state index in [1.807, 2.05) is 18.2 Å². The first-order chi connectivity index (χ1) is 19.8. The van der Waals surface area contributed by atoms with Crippen molar-refractivity contribution in [3.05, 3.63) is 196 Å². The highest BCUT2D eigenvalue weighted by Gasteiger charge is 2.22. The van der Waals surface area contributed by atoms with Crippen molar-refractivity contribution in [3.63, 3.8) is 0 Å². The molecule has 0 amide bonds. The third-order valence-electron chi connectivity index (χ3n) is 7.06. The summed E-state index contributed by atoms with van der Waals surface area (Å²) in [6, 6.07) is 50.4. The molecule has 0 spiro atoms. The summed E-state index contributed by atoms with van der Waals surface area (Å²) < 4.78 is 0. The van der Waals surface area contributed by atoms with E-state index >= 15 is 0 Å². The van der Waals surface area contributed by atoms with Crippen LogP contribution in [0.25, 0.3) is 0 Å². The van der Waals surface area contributed by atoms with Crippen LogP contribution in [-0.2, 0) is 19.3 Å². The quantitative estimate of drug-likeness (QED) is 0.196. The van der Waals surface area contributed by atoms with Crippen molar-refractivity contribution in [3.8, 4) is 0 Å². The van der Waals surface area contributed by atoms with Gasteiger partial charge in [0.05, 0.1) is 23.0 Å². The number of rotatable bonds is 9. The van der Waals surface area contributed by atoms with Gasteiger partial charge in [0, 0.05) is 36.3 Å². The number of nitrogens with zero attached hydrogens (tertiary/aromatic N) is 3. The summed E-state index contributed by atoms with van der Waals surface area (Å²) in [6.07, 6.45) is 2.35. The Bertz CT molecular complexity index is 1460. The molecule has 40 heavy (non-hydrogen) atoms. The first kappa shape index (κ1) is 25.4. The molecule has 0 saturated carbocycles. The van der Waals surface area contributed by atoms with Crippen molar-refractivity contribution >= 4 is 0 Å². The second-order valence-electron chi connectivity index (χ2n) is 10.1. The minimum Gasteiger partial charge on any atom is -0.256 e. The summed E-state index contributed by atoms with van der Waals surface area (Å²) in [5, 5.41) is 0. The predicted octanol–water partition coefficient (Wildman–Crippen LogP) is 7.82. The van der Waals surface area contributed by atoms with Crippen LogP contribution in [0.15, 0.2) is 146 Å². The largest absolute Gasteiger partial charge is 0.256 e. The van der Waals surface area contributed by atoms with Gasteiger partial charge in [0.1, 0.15) is 0 Å². The zero-order valence-corrected chi connectivity index (χ0v) is 22.4. The molecule has 0 fully saturated rings. The molecule has 0 aliphatic heterocycles. The molecular weight excluding hydrogens is 486 g/mol. The lowest BCUT2D eigenvalue weighted by molar-refractivity contribution is 0.808. The van der Waals surface area contributed by atoms with Gasteiger partial charge in [-0.3, -0.25) is 15.0 Å². The molecule has 0 radical (unpaired) electrons. The summed E-state index contributed by atoms with van der Waals surface area (Å²) in [5.74, 6) is -0.179. The molecule has 3 aromatic heterocycles. The van der Waals surface area contributed by atoms with E-state index < -0.39 is 0 Å². The summed E-state index contributed by atoms with van der Waals surface area (Å²) in [7, 11) is 0. The fraction of sp³-hybridized carbons (Fsp3) is 0.108. The Labute approximate surface area is 236 Å². The minimum absolute atomic E-state index is 0.179. The SMILES string of the molecule is c1ccc(Cc2cccc(C(c3cccc(Cc4ccccc4)n3)c3cccc(Cc4ccccc4)n3)n2)cc1. The van der Waals surface area contributed by atoms with E-state index in [0.717, 1.165) is 53.4 Å². The fourth-order valence-electron chi connectivity index (χ4n) is 5.14. The van der Waals surface area contributed by atoms with E-state index in [-0.39, 0.29) is 5.92 Å². The monoisotopic (exact) mass is 517 g/mol. The van der Waals surface area contributed by atoms with Crippen LogP contribution in [0.2, 0.25) is 0 Å². The van der Waals surface area contributed by atoms with Crippen molar-refractivity contribution < 1.29 is 0 Å². The van der Waals surface area contributed by atoms with Gasteiger partial charge in [0.25, 0.3) is 0 Å². The van der Waals surface area contributed by atoms with Crippen molar-refractivity contribution in [2.45, 2.75) is 25.2 Å². The molecule has 0 saturated heterocycles. The molecule has 194 valence electrons. The molecular formula is C37H31N3. The standard InChI is InChI=1S/C37H31N3/c1-4-13-28(14-5-1)25-31-19-10-22-34(38-31)37(35-23-11-20-32(39-35)26-29-15-6-2-7-16-29)36-24-12-21-33(40-36)27-30-17-8-3-9-18-30/h1-24,37H,25-27H2. The van der Waals surface area contributed by atoms with Crippen LogP contribution in [0.5, 0.6) is 0 Å². The molecule has 0 unspecified atom stereocenters. The van der Waals surface area contributed by atoms with Crippen LogP contribution in [0, 0.1) is 0 Å². The highest BCUT2D eigenvalue weighted by molar-refractivity contribution is 5.37. The Kier molecular flexibility index (Phi) is 7.82. The molecule has 6 rings (SSSR count). The Balaban J connectivity index is 1.39. The molecule has 3 heteroatoms. The van der Waals surface area contributed by atoms with Crippen LogP contribution in [0.3, 0.4) is 0 Å². The average molecular weight is 518 g/mol. The van der Waals surface area contributed by atoms with Crippen molar-refractivity contribution in [2.75, 3.05) is 0 Å². The van der Waals surface area contributed by atoms with E-state index in [0.29, 0.717) is 0 Å². The second-order valence-corrected chi connectivity index (χ2v) is 10.1.